The van der Waals surface area contributed by atoms with Gasteiger partial charge in [-0.2, -0.15) is 5.26 Å². The molecule has 2 aromatic rings. The number of thiazole rings is 1. The molecular formula is C10H6ClN3O2S. The average molecular weight is 268 g/mol. The van der Waals surface area contributed by atoms with Crippen LogP contribution in [0.15, 0.2) is 17.2 Å². The summed E-state index contributed by atoms with van der Waals surface area (Å²) in [7, 11) is 1.21. The maximum absolute atomic E-state index is 11.3. The first-order valence-corrected chi connectivity index (χ1v) is 5.74. The molecule has 0 amide bonds. The fraction of sp³-hybridized carbons (Fsp3) is 0.100. The number of imidazole rings is 1. The van der Waals surface area contributed by atoms with E-state index in [0.29, 0.717) is 10.7 Å². The molecule has 17 heavy (non-hydrogen) atoms. The third-order valence-electron chi connectivity index (χ3n) is 2.06. The Morgan fingerprint density at radius 1 is 1.76 bits per heavy atom. The smallest absolute Gasteiger partial charge is 0.348 e. The van der Waals surface area contributed by atoms with E-state index >= 15 is 0 Å². The summed E-state index contributed by atoms with van der Waals surface area (Å²) < 4.78 is 6.19. The number of nitriles is 1. The van der Waals surface area contributed by atoms with Crippen molar-refractivity contribution in [1.82, 2.24) is 9.38 Å². The van der Waals surface area contributed by atoms with E-state index in [0.717, 1.165) is 0 Å². The SMILES string of the molecule is COC(=O)/C(C#N)=C/c1c(Cl)nc2sccn12. The van der Waals surface area contributed by atoms with E-state index in [-0.39, 0.29) is 10.7 Å². The van der Waals surface area contributed by atoms with Crippen LogP contribution in [0, 0.1) is 11.3 Å². The van der Waals surface area contributed by atoms with Crippen LogP contribution in [0.25, 0.3) is 11.0 Å². The monoisotopic (exact) mass is 267 g/mol. The molecule has 0 unspecified atom stereocenters. The van der Waals surface area contributed by atoms with Crippen molar-refractivity contribution >= 4 is 39.9 Å². The second-order valence-corrected chi connectivity index (χ2v) is 4.24. The highest BCUT2D eigenvalue weighted by Gasteiger charge is 2.14. The number of rotatable bonds is 2. The van der Waals surface area contributed by atoms with Gasteiger partial charge in [0.05, 0.1) is 12.8 Å². The summed E-state index contributed by atoms with van der Waals surface area (Å²) in [5.41, 5.74) is 0.368. The van der Waals surface area contributed by atoms with Gasteiger partial charge in [0.1, 0.15) is 11.6 Å². The van der Waals surface area contributed by atoms with Crippen molar-refractivity contribution < 1.29 is 9.53 Å². The Balaban J connectivity index is 2.57. The van der Waals surface area contributed by atoms with Crippen LogP contribution in [0.5, 0.6) is 0 Å². The Morgan fingerprint density at radius 3 is 3.18 bits per heavy atom. The van der Waals surface area contributed by atoms with Crippen molar-refractivity contribution in [2.45, 2.75) is 0 Å². The Bertz CT molecular complexity index is 650. The molecule has 0 aliphatic heterocycles. The number of carbonyl (C=O) groups excluding carboxylic acids is 1. The highest BCUT2D eigenvalue weighted by Crippen LogP contribution is 2.23. The number of hydrogen-bond donors (Lipinski definition) is 0. The lowest BCUT2D eigenvalue weighted by atomic mass is 10.2. The third-order valence-corrected chi connectivity index (χ3v) is 3.10. The van der Waals surface area contributed by atoms with E-state index in [9.17, 15) is 4.79 Å². The third kappa shape index (κ3) is 2.02. The van der Waals surface area contributed by atoms with Crippen LogP contribution >= 0.6 is 22.9 Å². The maximum Gasteiger partial charge on any atom is 0.348 e. The summed E-state index contributed by atoms with van der Waals surface area (Å²) in [6, 6.07) is 1.77. The number of ether oxygens (including phenoxy) is 1. The molecule has 0 N–H and O–H groups in total. The molecule has 0 aliphatic carbocycles. The van der Waals surface area contributed by atoms with Crippen LogP contribution in [0.4, 0.5) is 0 Å². The molecule has 86 valence electrons. The van der Waals surface area contributed by atoms with E-state index in [1.54, 1.807) is 16.7 Å². The van der Waals surface area contributed by atoms with Crippen molar-refractivity contribution in [3.8, 4) is 6.07 Å². The topological polar surface area (TPSA) is 67.4 Å². The number of nitrogens with zero attached hydrogens (tertiary/aromatic N) is 3. The van der Waals surface area contributed by atoms with Crippen LogP contribution in [0.2, 0.25) is 5.15 Å². The van der Waals surface area contributed by atoms with Crippen molar-refractivity contribution in [2.24, 2.45) is 0 Å². The second-order valence-electron chi connectivity index (χ2n) is 3.00. The molecule has 0 spiro atoms. The molecular weight excluding hydrogens is 262 g/mol. The number of methoxy groups -OCH3 is 1. The molecule has 0 atom stereocenters. The van der Waals surface area contributed by atoms with Crippen LogP contribution in [-0.4, -0.2) is 22.5 Å². The van der Waals surface area contributed by atoms with Crippen molar-refractivity contribution in [3.05, 3.63) is 28.0 Å². The van der Waals surface area contributed by atoms with E-state index in [4.69, 9.17) is 16.9 Å². The van der Waals surface area contributed by atoms with Gasteiger partial charge in [-0.15, -0.1) is 11.3 Å². The standard InChI is InChI=1S/C10H6ClN3O2S/c1-16-9(15)6(5-12)4-7-8(11)13-10-14(7)2-3-17-10/h2-4H,1H3/b6-4+. The van der Waals surface area contributed by atoms with Crippen LogP contribution in [0.3, 0.4) is 0 Å². The summed E-state index contributed by atoms with van der Waals surface area (Å²) in [6.45, 7) is 0. The minimum absolute atomic E-state index is 0.123. The Hall–Kier alpha value is -1.84. The molecule has 0 fully saturated rings. The normalized spacial score (nSPS) is 11.5. The summed E-state index contributed by atoms with van der Waals surface area (Å²) >= 11 is 7.34. The number of hydrogen-bond acceptors (Lipinski definition) is 5. The Labute approximate surface area is 106 Å². The fourth-order valence-corrected chi connectivity index (χ4v) is 2.29. The van der Waals surface area contributed by atoms with Gasteiger partial charge >= 0.3 is 5.97 Å². The van der Waals surface area contributed by atoms with Crippen LogP contribution in [0.1, 0.15) is 5.69 Å². The van der Waals surface area contributed by atoms with Gasteiger partial charge in [0.15, 0.2) is 10.1 Å². The molecule has 0 aromatic carbocycles. The van der Waals surface area contributed by atoms with E-state index < -0.39 is 5.97 Å². The zero-order valence-electron chi connectivity index (χ0n) is 8.68. The van der Waals surface area contributed by atoms with Gasteiger partial charge < -0.3 is 4.74 Å². The summed E-state index contributed by atoms with van der Waals surface area (Å²) in [6.07, 6.45) is 3.12. The zero-order valence-corrected chi connectivity index (χ0v) is 10.2. The lowest BCUT2D eigenvalue weighted by Gasteiger charge is -1.96. The van der Waals surface area contributed by atoms with Gasteiger partial charge in [-0.25, -0.2) is 9.78 Å². The van der Waals surface area contributed by atoms with Crippen LogP contribution in [-0.2, 0) is 9.53 Å². The molecule has 0 saturated carbocycles. The second kappa shape index (κ2) is 4.57. The number of carbonyl (C=O) groups is 1. The Kier molecular flexibility index (Phi) is 3.13. The molecule has 0 saturated heterocycles. The van der Waals surface area contributed by atoms with E-state index in [1.165, 1.54) is 24.5 Å². The van der Waals surface area contributed by atoms with Crippen LogP contribution < -0.4 is 0 Å². The van der Waals surface area contributed by atoms with Gasteiger partial charge in [0.25, 0.3) is 0 Å². The first kappa shape index (κ1) is 11.6. The predicted octanol–water partition coefficient (Wildman–Crippen LogP) is 2.13. The Morgan fingerprint density at radius 2 is 2.53 bits per heavy atom. The maximum atomic E-state index is 11.3. The summed E-state index contributed by atoms with van der Waals surface area (Å²) in [4.78, 5) is 16.1. The summed E-state index contributed by atoms with van der Waals surface area (Å²) in [5.74, 6) is -0.700. The van der Waals surface area contributed by atoms with Gasteiger partial charge in [-0.3, -0.25) is 4.40 Å². The molecule has 2 rings (SSSR count). The van der Waals surface area contributed by atoms with E-state index in [1.807, 2.05) is 5.38 Å². The lowest BCUT2D eigenvalue weighted by molar-refractivity contribution is -0.135. The van der Waals surface area contributed by atoms with Gasteiger partial charge in [0, 0.05) is 11.6 Å². The quantitative estimate of drug-likeness (QED) is 0.475. The minimum Gasteiger partial charge on any atom is -0.465 e. The molecule has 5 nitrogen and oxygen atoms in total. The van der Waals surface area contributed by atoms with Gasteiger partial charge in [-0.05, 0) is 6.08 Å². The first-order chi connectivity index (χ1) is 8.17. The zero-order chi connectivity index (χ0) is 12.4. The first-order valence-electron chi connectivity index (χ1n) is 4.48. The van der Waals surface area contributed by atoms with Crippen molar-refractivity contribution in [3.63, 3.8) is 0 Å². The number of halogens is 1. The number of fused-ring (bicyclic) bond motifs is 1. The largest absolute Gasteiger partial charge is 0.465 e. The molecule has 2 aromatic heterocycles. The summed E-state index contributed by atoms with van der Waals surface area (Å²) in [5, 5.41) is 10.9. The van der Waals surface area contributed by atoms with Gasteiger partial charge in [-0.1, -0.05) is 11.6 Å². The van der Waals surface area contributed by atoms with Crippen molar-refractivity contribution in [2.75, 3.05) is 7.11 Å². The molecule has 0 aliphatic rings. The molecule has 0 radical (unpaired) electrons. The highest BCUT2D eigenvalue weighted by molar-refractivity contribution is 7.15. The highest BCUT2D eigenvalue weighted by atomic mass is 35.5. The lowest BCUT2D eigenvalue weighted by Crippen LogP contribution is -2.03. The minimum atomic E-state index is -0.700. The average Bonchev–Trinajstić information content (AvgIpc) is 2.87. The van der Waals surface area contributed by atoms with Gasteiger partial charge in [0.2, 0.25) is 0 Å². The molecule has 7 heteroatoms. The fourth-order valence-electron chi connectivity index (χ4n) is 1.29. The number of esters is 1. The number of aromatic nitrogens is 2. The predicted molar refractivity (Wildman–Crippen MR) is 63.7 cm³/mol. The molecule has 0 bridgehead atoms. The van der Waals surface area contributed by atoms with Crippen molar-refractivity contribution in [1.29, 1.82) is 5.26 Å². The van der Waals surface area contributed by atoms with E-state index in [2.05, 4.69) is 9.72 Å². The molecule has 2 heterocycles.